The Kier molecular flexibility index (Phi) is 2.79. The van der Waals surface area contributed by atoms with Crippen LogP contribution in [0.3, 0.4) is 0 Å². The second-order valence-electron chi connectivity index (χ2n) is 5.22. The Hall–Kier alpha value is -0.890. The maximum Gasteiger partial charge on any atom is 0.0838 e. The molecule has 1 aliphatic rings. The molecule has 0 radical (unpaired) electrons. The molecular weight excluding hydrogens is 186 g/mol. The second-order valence-corrected chi connectivity index (χ2v) is 5.22. The van der Waals surface area contributed by atoms with E-state index in [4.69, 9.17) is 0 Å². The van der Waals surface area contributed by atoms with Crippen LogP contribution in [0.25, 0.3) is 0 Å². The summed E-state index contributed by atoms with van der Waals surface area (Å²) in [6, 6.07) is 3.85. The fourth-order valence-corrected chi connectivity index (χ4v) is 2.72. The van der Waals surface area contributed by atoms with Gasteiger partial charge in [-0.1, -0.05) is 26.3 Å². The van der Waals surface area contributed by atoms with Gasteiger partial charge in [-0.3, -0.25) is 4.98 Å². The van der Waals surface area contributed by atoms with Gasteiger partial charge in [0.2, 0.25) is 0 Å². The molecular formula is C13H19NO. The molecule has 1 aromatic heterocycles. The van der Waals surface area contributed by atoms with Crippen molar-refractivity contribution in [3.05, 3.63) is 30.1 Å². The quantitative estimate of drug-likeness (QED) is 0.805. The van der Waals surface area contributed by atoms with Gasteiger partial charge in [0.15, 0.2) is 0 Å². The third-order valence-corrected chi connectivity index (χ3v) is 3.75. The fourth-order valence-electron chi connectivity index (χ4n) is 2.72. The molecule has 2 rings (SSSR count). The molecule has 2 atom stereocenters. The van der Waals surface area contributed by atoms with Gasteiger partial charge in [-0.2, -0.15) is 0 Å². The van der Waals surface area contributed by atoms with E-state index in [0.717, 1.165) is 12.0 Å². The maximum atomic E-state index is 10.3. The molecule has 1 fully saturated rings. The first-order valence-corrected chi connectivity index (χ1v) is 5.69. The van der Waals surface area contributed by atoms with Gasteiger partial charge >= 0.3 is 0 Å². The number of aliphatic hydroxyl groups is 1. The van der Waals surface area contributed by atoms with Crippen molar-refractivity contribution in [2.24, 2.45) is 11.3 Å². The van der Waals surface area contributed by atoms with Gasteiger partial charge in [0.05, 0.1) is 6.10 Å². The monoisotopic (exact) mass is 205 g/mol. The highest BCUT2D eigenvalue weighted by molar-refractivity contribution is 5.14. The molecule has 0 saturated heterocycles. The highest BCUT2D eigenvalue weighted by atomic mass is 16.3. The third-order valence-electron chi connectivity index (χ3n) is 3.75. The van der Waals surface area contributed by atoms with Crippen molar-refractivity contribution in [2.75, 3.05) is 0 Å². The van der Waals surface area contributed by atoms with E-state index in [0.29, 0.717) is 5.92 Å². The van der Waals surface area contributed by atoms with E-state index >= 15 is 0 Å². The van der Waals surface area contributed by atoms with Crippen LogP contribution in [0, 0.1) is 11.3 Å². The first-order valence-electron chi connectivity index (χ1n) is 5.69. The smallest absolute Gasteiger partial charge is 0.0838 e. The van der Waals surface area contributed by atoms with Gasteiger partial charge in [0, 0.05) is 12.4 Å². The first kappa shape index (κ1) is 10.6. The van der Waals surface area contributed by atoms with Gasteiger partial charge in [-0.05, 0) is 35.8 Å². The summed E-state index contributed by atoms with van der Waals surface area (Å²) < 4.78 is 0. The molecule has 0 bridgehead atoms. The topological polar surface area (TPSA) is 33.1 Å². The summed E-state index contributed by atoms with van der Waals surface area (Å²) in [5, 5.41) is 10.3. The molecule has 1 N–H and O–H groups in total. The predicted octanol–water partition coefficient (Wildman–Crippen LogP) is 2.94. The summed E-state index contributed by atoms with van der Waals surface area (Å²) in [7, 11) is 0. The number of hydrogen-bond acceptors (Lipinski definition) is 2. The molecule has 2 heteroatoms. The molecule has 2 nitrogen and oxygen atoms in total. The van der Waals surface area contributed by atoms with E-state index in [2.05, 4.69) is 18.8 Å². The lowest BCUT2D eigenvalue weighted by atomic mass is 9.77. The molecule has 1 saturated carbocycles. The summed E-state index contributed by atoms with van der Waals surface area (Å²) >= 11 is 0. The highest BCUT2D eigenvalue weighted by Crippen LogP contribution is 2.48. The Morgan fingerprint density at radius 1 is 1.53 bits per heavy atom. The standard InChI is InChI=1S/C13H19NO/c1-13(2)7-3-6-11(13)12(15)10-5-4-8-14-9-10/h4-5,8-9,11-12,15H,3,6-7H2,1-2H3. The molecule has 0 spiro atoms. The largest absolute Gasteiger partial charge is 0.388 e. The zero-order valence-electron chi connectivity index (χ0n) is 9.48. The number of nitrogens with zero attached hydrogens (tertiary/aromatic N) is 1. The Bertz CT molecular complexity index is 321. The molecule has 1 aromatic rings. The number of pyridine rings is 1. The second kappa shape index (κ2) is 3.93. The average Bonchev–Trinajstić information content (AvgIpc) is 2.58. The van der Waals surface area contributed by atoms with Gasteiger partial charge in [-0.25, -0.2) is 0 Å². The van der Waals surface area contributed by atoms with Crippen molar-refractivity contribution >= 4 is 0 Å². The van der Waals surface area contributed by atoms with Crippen LogP contribution >= 0.6 is 0 Å². The molecule has 2 unspecified atom stereocenters. The van der Waals surface area contributed by atoms with Crippen LogP contribution in [0.15, 0.2) is 24.5 Å². The van der Waals surface area contributed by atoms with Crippen molar-refractivity contribution in [3.8, 4) is 0 Å². The molecule has 1 heterocycles. The normalized spacial score (nSPS) is 26.5. The van der Waals surface area contributed by atoms with Crippen molar-refractivity contribution in [1.29, 1.82) is 0 Å². The predicted molar refractivity (Wildman–Crippen MR) is 60.3 cm³/mol. The number of rotatable bonds is 2. The van der Waals surface area contributed by atoms with Crippen molar-refractivity contribution < 1.29 is 5.11 Å². The first-order chi connectivity index (χ1) is 7.11. The zero-order chi connectivity index (χ0) is 10.9. The lowest BCUT2D eigenvalue weighted by Gasteiger charge is -2.31. The minimum Gasteiger partial charge on any atom is -0.388 e. The summed E-state index contributed by atoms with van der Waals surface area (Å²) in [4.78, 5) is 4.06. The lowest BCUT2D eigenvalue weighted by Crippen LogP contribution is -2.24. The van der Waals surface area contributed by atoms with E-state index in [-0.39, 0.29) is 11.5 Å². The van der Waals surface area contributed by atoms with E-state index < -0.39 is 0 Å². The van der Waals surface area contributed by atoms with Gasteiger partial charge in [0.25, 0.3) is 0 Å². The number of aliphatic hydroxyl groups excluding tert-OH is 1. The lowest BCUT2D eigenvalue weighted by molar-refractivity contribution is 0.0529. The summed E-state index contributed by atoms with van der Waals surface area (Å²) in [5.74, 6) is 0.377. The van der Waals surface area contributed by atoms with E-state index in [1.165, 1.54) is 12.8 Å². The Morgan fingerprint density at radius 2 is 2.33 bits per heavy atom. The zero-order valence-corrected chi connectivity index (χ0v) is 9.48. The van der Waals surface area contributed by atoms with Crippen molar-refractivity contribution in [2.45, 2.75) is 39.2 Å². The number of hydrogen-bond donors (Lipinski definition) is 1. The van der Waals surface area contributed by atoms with Crippen molar-refractivity contribution in [1.82, 2.24) is 4.98 Å². The van der Waals surface area contributed by atoms with Gasteiger partial charge in [-0.15, -0.1) is 0 Å². The van der Waals surface area contributed by atoms with Crippen LogP contribution in [0.4, 0.5) is 0 Å². The van der Waals surface area contributed by atoms with Gasteiger partial charge in [0.1, 0.15) is 0 Å². The average molecular weight is 205 g/mol. The Morgan fingerprint density at radius 3 is 2.87 bits per heavy atom. The number of aromatic nitrogens is 1. The summed E-state index contributed by atoms with van der Waals surface area (Å²) in [5.41, 5.74) is 1.22. The highest BCUT2D eigenvalue weighted by Gasteiger charge is 2.39. The molecule has 82 valence electrons. The van der Waals surface area contributed by atoms with Crippen LogP contribution in [0.2, 0.25) is 0 Å². The minimum atomic E-state index is -0.351. The van der Waals surface area contributed by atoms with Crippen LogP contribution in [0.1, 0.15) is 44.8 Å². The fraction of sp³-hybridized carbons (Fsp3) is 0.615. The SMILES string of the molecule is CC1(C)CCCC1C(O)c1cccnc1. The van der Waals surface area contributed by atoms with E-state index in [9.17, 15) is 5.11 Å². The summed E-state index contributed by atoms with van der Waals surface area (Å²) in [6.07, 6.45) is 6.75. The van der Waals surface area contributed by atoms with E-state index in [1.807, 2.05) is 12.1 Å². The van der Waals surface area contributed by atoms with Crippen molar-refractivity contribution in [3.63, 3.8) is 0 Å². The van der Waals surface area contributed by atoms with Crippen LogP contribution < -0.4 is 0 Å². The summed E-state index contributed by atoms with van der Waals surface area (Å²) in [6.45, 7) is 4.51. The minimum absolute atomic E-state index is 0.259. The molecule has 1 aliphatic carbocycles. The molecule has 0 aromatic carbocycles. The van der Waals surface area contributed by atoms with Crippen LogP contribution in [-0.4, -0.2) is 10.1 Å². The van der Waals surface area contributed by atoms with E-state index in [1.54, 1.807) is 12.4 Å². The third kappa shape index (κ3) is 2.05. The van der Waals surface area contributed by atoms with Crippen LogP contribution in [-0.2, 0) is 0 Å². The van der Waals surface area contributed by atoms with Crippen LogP contribution in [0.5, 0.6) is 0 Å². The molecule has 0 aliphatic heterocycles. The molecule has 0 amide bonds. The maximum absolute atomic E-state index is 10.3. The van der Waals surface area contributed by atoms with Gasteiger partial charge < -0.3 is 5.11 Å². The molecule has 15 heavy (non-hydrogen) atoms. The Balaban J connectivity index is 2.18. The Labute approximate surface area is 91.4 Å².